The standard InChI is InChI=1S/C18H18BrN5/c1-3-13-8-6-7-12(2)17(13)22-16-11-20-24-18(23-16)21-15-10-5-4-9-14(15)19/h4-11H,3H2,1-2H3,(H2,21,22,23,24). The largest absolute Gasteiger partial charge is 0.338 e. The molecule has 0 spiro atoms. The molecule has 1 aromatic heterocycles. The molecular weight excluding hydrogens is 366 g/mol. The first-order valence-electron chi connectivity index (χ1n) is 7.74. The minimum absolute atomic E-state index is 0.443. The summed E-state index contributed by atoms with van der Waals surface area (Å²) in [4.78, 5) is 4.50. The number of rotatable bonds is 5. The summed E-state index contributed by atoms with van der Waals surface area (Å²) in [7, 11) is 0. The molecular formula is C18H18BrN5. The normalized spacial score (nSPS) is 10.5. The van der Waals surface area contributed by atoms with Gasteiger partial charge in [0.15, 0.2) is 5.82 Å². The Labute approximate surface area is 149 Å². The Balaban J connectivity index is 1.85. The van der Waals surface area contributed by atoms with E-state index in [1.807, 2.05) is 24.3 Å². The SMILES string of the molecule is CCc1cccc(C)c1Nc1cnnc(Nc2ccccc2Br)n1. The predicted molar refractivity (Wildman–Crippen MR) is 101 cm³/mol. The minimum Gasteiger partial charge on any atom is -0.338 e. The molecule has 24 heavy (non-hydrogen) atoms. The van der Waals surface area contributed by atoms with Crippen LogP contribution in [0.2, 0.25) is 0 Å². The maximum atomic E-state index is 4.50. The average molecular weight is 384 g/mol. The second-order valence-electron chi connectivity index (χ2n) is 5.36. The van der Waals surface area contributed by atoms with Crippen molar-refractivity contribution in [2.45, 2.75) is 20.3 Å². The van der Waals surface area contributed by atoms with Gasteiger partial charge in [-0.15, -0.1) is 5.10 Å². The van der Waals surface area contributed by atoms with E-state index in [0.717, 1.165) is 22.3 Å². The van der Waals surface area contributed by atoms with Crippen LogP contribution < -0.4 is 10.6 Å². The first-order valence-corrected chi connectivity index (χ1v) is 8.53. The van der Waals surface area contributed by atoms with Crippen molar-refractivity contribution in [3.8, 4) is 0 Å². The molecule has 0 aliphatic rings. The quantitative estimate of drug-likeness (QED) is 0.649. The van der Waals surface area contributed by atoms with Crippen molar-refractivity contribution in [2.24, 2.45) is 0 Å². The highest BCUT2D eigenvalue weighted by Gasteiger charge is 2.08. The first kappa shape index (κ1) is 16.4. The van der Waals surface area contributed by atoms with Gasteiger partial charge < -0.3 is 10.6 Å². The Kier molecular flexibility index (Phi) is 5.05. The lowest BCUT2D eigenvalue weighted by Gasteiger charge is -2.13. The highest BCUT2D eigenvalue weighted by molar-refractivity contribution is 9.10. The Hall–Kier alpha value is -2.47. The Morgan fingerprint density at radius 3 is 2.67 bits per heavy atom. The molecule has 1 heterocycles. The van der Waals surface area contributed by atoms with Crippen molar-refractivity contribution in [1.82, 2.24) is 15.2 Å². The smallest absolute Gasteiger partial charge is 0.249 e. The summed E-state index contributed by atoms with van der Waals surface area (Å²) < 4.78 is 0.944. The van der Waals surface area contributed by atoms with Crippen LogP contribution in [-0.2, 0) is 6.42 Å². The third kappa shape index (κ3) is 3.71. The second kappa shape index (κ2) is 7.40. The van der Waals surface area contributed by atoms with E-state index in [4.69, 9.17) is 0 Å². The van der Waals surface area contributed by atoms with E-state index in [0.29, 0.717) is 11.8 Å². The number of hydrogen-bond acceptors (Lipinski definition) is 5. The van der Waals surface area contributed by atoms with E-state index in [2.05, 4.69) is 73.8 Å². The third-order valence-corrected chi connectivity index (χ3v) is 4.36. The zero-order valence-electron chi connectivity index (χ0n) is 13.5. The molecule has 0 atom stereocenters. The summed E-state index contributed by atoms with van der Waals surface area (Å²) in [5.41, 5.74) is 4.39. The molecule has 0 aliphatic heterocycles. The maximum absolute atomic E-state index is 4.50. The minimum atomic E-state index is 0.443. The van der Waals surface area contributed by atoms with Gasteiger partial charge in [-0.3, -0.25) is 0 Å². The number of aryl methyl sites for hydroxylation is 2. The van der Waals surface area contributed by atoms with Gasteiger partial charge in [0.2, 0.25) is 5.95 Å². The number of halogens is 1. The summed E-state index contributed by atoms with van der Waals surface area (Å²) in [5.74, 6) is 1.10. The Bertz CT molecular complexity index is 850. The van der Waals surface area contributed by atoms with Crippen molar-refractivity contribution < 1.29 is 0 Å². The van der Waals surface area contributed by atoms with Gasteiger partial charge in [0.1, 0.15) is 0 Å². The molecule has 3 aromatic rings. The molecule has 122 valence electrons. The van der Waals surface area contributed by atoms with Crippen LogP contribution in [0.3, 0.4) is 0 Å². The van der Waals surface area contributed by atoms with Gasteiger partial charge in [-0.05, 0) is 52.5 Å². The Morgan fingerprint density at radius 1 is 1.04 bits per heavy atom. The topological polar surface area (TPSA) is 62.7 Å². The number of para-hydroxylation sites is 2. The van der Waals surface area contributed by atoms with Gasteiger partial charge in [-0.25, -0.2) is 0 Å². The molecule has 3 rings (SSSR count). The fraction of sp³-hybridized carbons (Fsp3) is 0.167. The molecule has 0 aliphatic carbocycles. The fourth-order valence-electron chi connectivity index (χ4n) is 2.43. The molecule has 6 heteroatoms. The van der Waals surface area contributed by atoms with Crippen LogP contribution in [0.5, 0.6) is 0 Å². The number of benzene rings is 2. The zero-order chi connectivity index (χ0) is 16.9. The number of anilines is 4. The Morgan fingerprint density at radius 2 is 1.88 bits per heavy atom. The summed E-state index contributed by atoms with van der Waals surface area (Å²) in [6, 6.07) is 14.1. The second-order valence-corrected chi connectivity index (χ2v) is 6.21. The van der Waals surface area contributed by atoms with E-state index in [9.17, 15) is 0 Å². The monoisotopic (exact) mass is 383 g/mol. The predicted octanol–water partition coefficient (Wildman–Crippen LogP) is 4.99. The average Bonchev–Trinajstić information content (AvgIpc) is 2.59. The van der Waals surface area contributed by atoms with Crippen molar-refractivity contribution >= 4 is 39.1 Å². The number of hydrogen-bond donors (Lipinski definition) is 2. The van der Waals surface area contributed by atoms with E-state index in [-0.39, 0.29) is 0 Å². The summed E-state index contributed by atoms with van der Waals surface area (Å²) in [6.45, 7) is 4.22. The van der Waals surface area contributed by atoms with E-state index in [1.165, 1.54) is 11.1 Å². The van der Waals surface area contributed by atoms with Crippen LogP contribution in [0, 0.1) is 6.92 Å². The van der Waals surface area contributed by atoms with Crippen LogP contribution in [0.25, 0.3) is 0 Å². The molecule has 2 N–H and O–H groups in total. The summed E-state index contributed by atoms with van der Waals surface area (Å²) in [5, 5.41) is 14.6. The molecule has 0 amide bonds. The van der Waals surface area contributed by atoms with E-state index >= 15 is 0 Å². The van der Waals surface area contributed by atoms with E-state index < -0.39 is 0 Å². The third-order valence-electron chi connectivity index (χ3n) is 3.67. The molecule has 0 unspecified atom stereocenters. The lowest BCUT2D eigenvalue weighted by atomic mass is 10.1. The molecule has 0 fully saturated rings. The van der Waals surface area contributed by atoms with Crippen LogP contribution >= 0.6 is 15.9 Å². The molecule has 5 nitrogen and oxygen atoms in total. The van der Waals surface area contributed by atoms with Crippen molar-refractivity contribution in [3.05, 3.63) is 64.3 Å². The zero-order valence-corrected chi connectivity index (χ0v) is 15.1. The van der Waals surface area contributed by atoms with Crippen LogP contribution in [-0.4, -0.2) is 15.2 Å². The van der Waals surface area contributed by atoms with Gasteiger partial charge in [0.05, 0.1) is 11.9 Å². The lowest BCUT2D eigenvalue weighted by molar-refractivity contribution is 0.980. The molecule has 2 aromatic carbocycles. The first-order chi connectivity index (χ1) is 11.7. The lowest BCUT2D eigenvalue weighted by Crippen LogP contribution is -2.04. The van der Waals surface area contributed by atoms with Gasteiger partial charge in [0.25, 0.3) is 0 Å². The highest BCUT2D eigenvalue weighted by Crippen LogP contribution is 2.26. The summed E-state index contributed by atoms with van der Waals surface area (Å²) in [6.07, 6.45) is 2.57. The highest BCUT2D eigenvalue weighted by atomic mass is 79.9. The number of aromatic nitrogens is 3. The summed E-state index contributed by atoms with van der Waals surface area (Å²) >= 11 is 3.50. The van der Waals surface area contributed by atoms with Gasteiger partial charge >= 0.3 is 0 Å². The number of nitrogens with zero attached hydrogens (tertiary/aromatic N) is 3. The van der Waals surface area contributed by atoms with Crippen molar-refractivity contribution in [2.75, 3.05) is 10.6 Å². The number of nitrogens with one attached hydrogen (secondary N) is 2. The van der Waals surface area contributed by atoms with Crippen LogP contribution in [0.15, 0.2) is 53.1 Å². The van der Waals surface area contributed by atoms with Gasteiger partial charge in [0, 0.05) is 10.2 Å². The molecule has 0 bridgehead atoms. The maximum Gasteiger partial charge on any atom is 0.249 e. The van der Waals surface area contributed by atoms with Crippen LogP contribution in [0.4, 0.5) is 23.1 Å². The fourth-order valence-corrected chi connectivity index (χ4v) is 2.81. The van der Waals surface area contributed by atoms with Crippen molar-refractivity contribution in [1.29, 1.82) is 0 Å². The molecule has 0 saturated heterocycles. The van der Waals surface area contributed by atoms with Gasteiger partial charge in [-0.2, -0.15) is 10.1 Å². The van der Waals surface area contributed by atoms with Gasteiger partial charge in [-0.1, -0.05) is 37.3 Å². The molecule has 0 saturated carbocycles. The van der Waals surface area contributed by atoms with Crippen LogP contribution in [0.1, 0.15) is 18.1 Å². The van der Waals surface area contributed by atoms with E-state index in [1.54, 1.807) is 6.20 Å². The molecule has 0 radical (unpaired) electrons. The van der Waals surface area contributed by atoms with Crippen molar-refractivity contribution in [3.63, 3.8) is 0 Å².